The normalized spacial score (nSPS) is 10.6. The second-order valence-corrected chi connectivity index (χ2v) is 8.16. The summed E-state index contributed by atoms with van der Waals surface area (Å²) in [5.74, 6) is -0.192. The number of H-pyrrole nitrogens is 1. The molecule has 0 atom stereocenters. The Hall–Kier alpha value is -3.50. The van der Waals surface area contributed by atoms with Crippen molar-refractivity contribution in [2.24, 2.45) is 0 Å². The molecular formula is C20H17N5O3S2. The fourth-order valence-electron chi connectivity index (χ4n) is 2.70. The van der Waals surface area contributed by atoms with Crippen molar-refractivity contribution in [1.29, 1.82) is 0 Å². The molecule has 0 saturated carbocycles. The summed E-state index contributed by atoms with van der Waals surface area (Å²) in [5, 5.41) is 9.55. The van der Waals surface area contributed by atoms with Crippen molar-refractivity contribution in [3.63, 3.8) is 0 Å². The summed E-state index contributed by atoms with van der Waals surface area (Å²) in [7, 11) is 1.59. The van der Waals surface area contributed by atoms with Gasteiger partial charge in [-0.25, -0.2) is 4.98 Å². The number of nitrogens with one attached hydrogen (secondary N) is 3. The number of carbonyl (C=O) groups excluding carboxylic acids is 2. The molecule has 0 fully saturated rings. The van der Waals surface area contributed by atoms with E-state index in [1.807, 2.05) is 41.8 Å². The van der Waals surface area contributed by atoms with Crippen LogP contribution >= 0.6 is 22.7 Å². The minimum absolute atomic E-state index is 0.224. The third-order valence-corrected chi connectivity index (χ3v) is 6.43. The Labute approximate surface area is 179 Å². The van der Waals surface area contributed by atoms with Gasteiger partial charge in [0.2, 0.25) is 0 Å². The minimum atomic E-state index is -0.503. The first kappa shape index (κ1) is 19.8. The van der Waals surface area contributed by atoms with Crippen LogP contribution in [0.1, 0.15) is 25.9 Å². The molecule has 4 rings (SSSR count). The molecule has 1 aromatic carbocycles. The summed E-state index contributed by atoms with van der Waals surface area (Å²) in [6, 6.07) is 12.8. The molecule has 3 aromatic heterocycles. The zero-order valence-electron chi connectivity index (χ0n) is 16.1. The number of carbonyl (C=O) groups is 2. The van der Waals surface area contributed by atoms with Crippen LogP contribution < -0.4 is 15.6 Å². The standard InChI is InChI=1S/C20H17N5O3S2/c1-11-17(30-20(21-11)16-4-3-9-29-16)19(27)25-24-18(26)15-10-14(22-23-15)12-5-7-13(28-2)8-6-12/h3-10H,1-2H3,(H,22,23)(H,24,26)(H,25,27). The van der Waals surface area contributed by atoms with Gasteiger partial charge in [-0.1, -0.05) is 6.07 Å². The van der Waals surface area contributed by atoms with E-state index in [0.717, 1.165) is 21.2 Å². The van der Waals surface area contributed by atoms with E-state index in [-0.39, 0.29) is 5.69 Å². The molecule has 30 heavy (non-hydrogen) atoms. The van der Waals surface area contributed by atoms with Gasteiger partial charge in [-0.05, 0) is 48.7 Å². The van der Waals surface area contributed by atoms with Gasteiger partial charge >= 0.3 is 0 Å². The second kappa shape index (κ2) is 8.47. The molecule has 10 heteroatoms. The van der Waals surface area contributed by atoms with E-state index in [9.17, 15) is 9.59 Å². The number of nitrogens with zero attached hydrogens (tertiary/aromatic N) is 2. The molecule has 0 saturated heterocycles. The maximum Gasteiger partial charge on any atom is 0.287 e. The van der Waals surface area contributed by atoms with Crippen molar-refractivity contribution in [2.45, 2.75) is 6.92 Å². The number of thiophene rings is 1. The Bertz CT molecular complexity index is 1180. The van der Waals surface area contributed by atoms with E-state index in [1.165, 1.54) is 11.3 Å². The number of hydrazine groups is 1. The molecule has 0 radical (unpaired) electrons. The molecule has 152 valence electrons. The Morgan fingerprint density at radius 2 is 1.87 bits per heavy atom. The number of aryl methyl sites for hydroxylation is 1. The summed E-state index contributed by atoms with van der Waals surface area (Å²) in [6.07, 6.45) is 0. The number of aromatic nitrogens is 3. The van der Waals surface area contributed by atoms with Crippen LogP contribution in [0.15, 0.2) is 47.8 Å². The van der Waals surface area contributed by atoms with E-state index in [1.54, 1.807) is 31.4 Å². The predicted molar refractivity (Wildman–Crippen MR) is 116 cm³/mol. The Morgan fingerprint density at radius 1 is 1.10 bits per heavy atom. The van der Waals surface area contributed by atoms with Gasteiger partial charge < -0.3 is 4.74 Å². The van der Waals surface area contributed by atoms with E-state index < -0.39 is 11.8 Å². The summed E-state index contributed by atoms with van der Waals surface area (Å²) in [5.41, 5.74) is 7.10. The van der Waals surface area contributed by atoms with Crippen LogP contribution in [0.2, 0.25) is 0 Å². The zero-order valence-corrected chi connectivity index (χ0v) is 17.7. The fraction of sp³-hybridized carbons (Fsp3) is 0.100. The Kier molecular flexibility index (Phi) is 5.59. The molecule has 8 nitrogen and oxygen atoms in total. The number of ether oxygens (including phenoxy) is 1. The van der Waals surface area contributed by atoms with Crippen LogP contribution in [0.4, 0.5) is 0 Å². The minimum Gasteiger partial charge on any atom is -0.497 e. The number of benzene rings is 1. The van der Waals surface area contributed by atoms with Crippen LogP contribution in [-0.2, 0) is 0 Å². The molecule has 0 unspecified atom stereocenters. The molecule has 0 spiro atoms. The fourth-order valence-corrected chi connectivity index (χ4v) is 4.46. The van der Waals surface area contributed by atoms with Crippen molar-refractivity contribution in [3.05, 3.63) is 64.1 Å². The van der Waals surface area contributed by atoms with Crippen LogP contribution in [0.5, 0.6) is 5.75 Å². The lowest BCUT2D eigenvalue weighted by Crippen LogP contribution is -2.41. The molecule has 0 aliphatic rings. The number of methoxy groups -OCH3 is 1. The SMILES string of the molecule is COc1ccc(-c2cc(C(=O)NNC(=O)c3sc(-c4cccs4)nc3C)[nH]n2)cc1. The van der Waals surface area contributed by atoms with Crippen molar-refractivity contribution in [1.82, 2.24) is 26.0 Å². The highest BCUT2D eigenvalue weighted by molar-refractivity contribution is 7.22. The van der Waals surface area contributed by atoms with E-state index in [4.69, 9.17) is 4.74 Å². The van der Waals surface area contributed by atoms with Gasteiger partial charge in [0.25, 0.3) is 11.8 Å². The molecule has 0 bridgehead atoms. The largest absolute Gasteiger partial charge is 0.497 e. The van der Waals surface area contributed by atoms with Gasteiger partial charge in [0.1, 0.15) is 21.3 Å². The zero-order chi connectivity index (χ0) is 21.1. The van der Waals surface area contributed by atoms with Gasteiger partial charge in [0.05, 0.1) is 23.4 Å². The average molecular weight is 440 g/mol. The first-order valence-corrected chi connectivity index (χ1v) is 10.6. The van der Waals surface area contributed by atoms with Crippen molar-refractivity contribution >= 4 is 34.5 Å². The van der Waals surface area contributed by atoms with E-state index in [2.05, 4.69) is 26.0 Å². The van der Waals surface area contributed by atoms with Crippen LogP contribution in [0, 0.1) is 6.92 Å². The van der Waals surface area contributed by atoms with Gasteiger partial charge in [-0.15, -0.1) is 22.7 Å². The Balaban J connectivity index is 1.40. The number of amides is 2. The number of rotatable bonds is 5. The van der Waals surface area contributed by atoms with E-state index in [0.29, 0.717) is 16.3 Å². The number of hydrogen-bond donors (Lipinski definition) is 3. The average Bonchev–Trinajstić information content (AvgIpc) is 3.52. The first-order chi connectivity index (χ1) is 14.5. The highest BCUT2D eigenvalue weighted by Gasteiger charge is 2.18. The van der Waals surface area contributed by atoms with Gasteiger partial charge in [0, 0.05) is 5.56 Å². The first-order valence-electron chi connectivity index (χ1n) is 8.87. The van der Waals surface area contributed by atoms with Crippen molar-refractivity contribution < 1.29 is 14.3 Å². The molecule has 0 aliphatic carbocycles. The van der Waals surface area contributed by atoms with Gasteiger partial charge in [-0.3, -0.25) is 25.5 Å². The summed E-state index contributed by atoms with van der Waals surface area (Å²) in [6.45, 7) is 1.76. The highest BCUT2D eigenvalue weighted by atomic mass is 32.1. The monoisotopic (exact) mass is 439 g/mol. The lowest BCUT2D eigenvalue weighted by molar-refractivity contribution is 0.0845. The summed E-state index contributed by atoms with van der Waals surface area (Å²) in [4.78, 5) is 30.7. The lowest BCUT2D eigenvalue weighted by atomic mass is 10.1. The maximum absolute atomic E-state index is 12.5. The third-order valence-electron chi connectivity index (χ3n) is 4.23. The topological polar surface area (TPSA) is 109 Å². The molecule has 4 aromatic rings. The quantitative estimate of drug-likeness (QED) is 0.411. The molecular weight excluding hydrogens is 422 g/mol. The third kappa shape index (κ3) is 4.09. The predicted octanol–water partition coefficient (Wildman–Crippen LogP) is 3.65. The van der Waals surface area contributed by atoms with Crippen LogP contribution in [0.25, 0.3) is 21.1 Å². The van der Waals surface area contributed by atoms with Crippen molar-refractivity contribution in [3.8, 4) is 26.9 Å². The number of thiazole rings is 1. The van der Waals surface area contributed by atoms with Crippen molar-refractivity contribution in [2.75, 3.05) is 7.11 Å². The second-order valence-electron chi connectivity index (χ2n) is 6.21. The molecule has 3 N–H and O–H groups in total. The summed E-state index contributed by atoms with van der Waals surface area (Å²) >= 11 is 2.84. The number of hydrogen-bond acceptors (Lipinski definition) is 7. The summed E-state index contributed by atoms with van der Waals surface area (Å²) < 4.78 is 5.13. The van der Waals surface area contributed by atoms with Crippen LogP contribution in [-0.4, -0.2) is 34.1 Å². The molecule has 0 aliphatic heterocycles. The van der Waals surface area contributed by atoms with E-state index >= 15 is 0 Å². The smallest absolute Gasteiger partial charge is 0.287 e. The Morgan fingerprint density at radius 3 is 2.57 bits per heavy atom. The maximum atomic E-state index is 12.5. The lowest BCUT2D eigenvalue weighted by Gasteiger charge is -2.04. The highest BCUT2D eigenvalue weighted by Crippen LogP contribution is 2.30. The number of aromatic amines is 1. The van der Waals surface area contributed by atoms with Gasteiger partial charge in [-0.2, -0.15) is 5.10 Å². The molecule has 2 amide bonds. The van der Waals surface area contributed by atoms with Crippen LogP contribution in [0.3, 0.4) is 0 Å². The molecule has 3 heterocycles. The van der Waals surface area contributed by atoms with Gasteiger partial charge in [0.15, 0.2) is 0 Å².